The van der Waals surface area contributed by atoms with E-state index in [1.54, 1.807) is 16.7 Å². The highest BCUT2D eigenvalue weighted by atomic mass is 14.3. The lowest BCUT2D eigenvalue weighted by molar-refractivity contribution is 0.321. The van der Waals surface area contributed by atoms with Crippen LogP contribution in [0, 0.1) is 11.8 Å². The molecule has 0 aromatic carbocycles. The van der Waals surface area contributed by atoms with Gasteiger partial charge in [0.15, 0.2) is 0 Å². The van der Waals surface area contributed by atoms with Crippen molar-refractivity contribution in [2.75, 3.05) is 0 Å². The maximum atomic E-state index is 2.52. The van der Waals surface area contributed by atoms with Gasteiger partial charge < -0.3 is 0 Å². The SMILES string of the molecule is CC1=C(C)C(C2CCC(C)CC2)=CCC1. The summed E-state index contributed by atoms with van der Waals surface area (Å²) in [7, 11) is 0. The molecular formula is C15H24. The minimum absolute atomic E-state index is 0.886. The van der Waals surface area contributed by atoms with E-state index in [0.717, 1.165) is 11.8 Å². The second-order valence-electron chi connectivity index (χ2n) is 5.56. The minimum atomic E-state index is 0.886. The third kappa shape index (κ3) is 2.35. The molecule has 0 unspecified atom stereocenters. The molecule has 0 aromatic rings. The summed E-state index contributed by atoms with van der Waals surface area (Å²) in [5.41, 5.74) is 4.94. The molecule has 0 heteroatoms. The lowest BCUT2D eigenvalue weighted by atomic mass is 9.75. The molecule has 15 heavy (non-hydrogen) atoms. The van der Waals surface area contributed by atoms with Crippen LogP contribution in [0.2, 0.25) is 0 Å². The zero-order chi connectivity index (χ0) is 10.8. The van der Waals surface area contributed by atoms with Crippen LogP contribution in [0.1, 0.15) is 59.3 Å². The fourth-order valence-electron chi connectivity index (χ4n) is 3.08. The van der Waals surface area contributed by atoms with Crippen LogP contribution in [0.5, 0.6) is 0 Å². The van der Waals surface area contributed by atoms with Crippen LogP contribution in [-0.2, 0) is 0 Å². The van der Waals surface area contributed by atoms with Gasteiger partial charge in [0.05, 0.1) is 0 Å². The van der Waals surface area contributed by atoms with E-state index < -0.39 is 0 Å². The van der Waals surface area contributed by atoms with Crippen LogP contribution < -0.4 is 0 Å². The summed E-state index contributed by atoms with van der Waals surface area (Å²) in [5.74, 6) is 1.85. The molecule has 0 spiro atoms. The summed E-state index contributed by atoms with van der Waals surface area (Å²) in [6, 6.07) is 0. The van der Waals surface area contributed by atoms with Crippen LogP contribution in [-0.4, -0.2) is 0 Å². The lowest BCUT2D eigenvalue weighted by Crippen LogP contribution is -2.16. The maximum Gasteiger partial charge on any atom is -0.0162 e. The predicted molar refractivity (Wildman–Crippen MR) is 66.8 cm³/mol. The van der Waals surface area contributed by atoms with Crippen molar-refractivity contribution in [1.82, 2.24) is 0 Å². The second kappa shape index (κ2) is 4.55. The van der Waals surface area contributed by atoms with E-state index in [9.17, 15) is 0 Å². The molecule has 0 radical (unpaired) electrons. The van der Waals surface area contributed by atoms with Gasteiger partial charge in [-0.25, -0.2) is 0 Å². The molecule has 84 valence electrons. The summed E-state index contributed by atoms with van der Waals surface area (Å²) < 4.78 is 0. The fourth-order valence-corrected chi connectivity index (χ4v) is 3.08. The Hall–Kier alpha value is -0.520. The van der Waals surface area contributed by atoms with E-state index in [2.05, 4.69) is 26.8 Å². The molecule has 2 rings (SSSR count). The Kier molecular flexibility index (Phi) is 3.33. The van der Waals surface area contributed by atoms with Gasteiger partial charge in [0.2, 0.25) is 0 Å². The van der Waals surface area contributed by atoms with E-state index in [4.69, 9.17) is 0 Å². The van der Waals surface area contributed by atoms with E-state index in [1.807, 2.05) is 0 Å². The highest BCUT2D eigenvalue weighted by Gasteiger charge is 2.23. The van der Waals surface area contributed by atoms with Crippen molar-refractivity contribution in [1.29, 1.82) is 0 Å². The van der Waals surface area contributed by atoms with Gasteiger partial charge in [-0.3, -0.25) is 0 Å². The first-order valence-corrected chi connectivity index (χ1v) is 6.55. The topological polar surface area (TPSA) is 0 Å². The zero-order valence-electron chi connectivity index (χ0n) is 10.5. The number of hydrogen-bond donors (Lipinski definition) is 0. The average molecular weight is 204 g/mol. The van der Waals surface area contributed by atoms with Gasteiger partial charge in [-0.05, 0) is 62.5 Å². The van der Waals surface area contributed by atoms with Crippen molar-refractivity contribution in [2.24, 2.45) is 11.8 Å². The Labute approximate surface area is 94.5 Å². The first kappa shape index (κ1) is 11.0. The van der Waals surface area contributed by atoms with E-state index in [1.165, 1.54) is 38.5 Å². The normalized spacial score (nSPS) is 32.9. The molecule has 0 aromatic heterocycles. The van der Waals surface area contributed by atoms with E-state index in [0.29, 0.717) is 0 Å². The van der Waals surface area contributed by atoms with Crippen molar-refractivity contribution in [3.63, 3.8) is 0 Å². The number of rotatable bonds is 1. The zero-order valence-corrected chi connectivity index (χ0v) is 10.5. The second-order valence-corrected chi connectivity index (χ2v) is 5.56. The van der Waals surface area contributed by atoms with Gasteiger partial charge in [0.25, 0.3) is 0 Å². The number of allylic oxidation sites excluding steroid dienone is 4. The molecule has 0 atom stereocenters. The molecule has 2 aliphatic carbocycles. The average Bonchev–Trinajstić information content (AvgIpc) is 2.24. The van der Waals surface area contributed by atoms with Gasteiger partial charge in [-0.15, -0.1) is 0 Å². The van der Waals surface area contributed by atoms with Crippen LogP contribution in [0.15, 0.2) is 22.8 Å². The van der Waals surface area contributed by atoms with Crippen LogP contribution in [0.3, 0.4) is 0 Å². The van der Waals surface area contributed by atoms with Gasteiger partial charge >= 0.3 is 0 Å². The highest BCUT2D eigenvalue weighted by molar-refractivity contribution is 5.38. The summed E-state index contributed by atoms with van der Waals surface area (Å²) in [6.45, 7) is 7.05. The van der Waals surface area contributed by atoms with Crippen molar-refractivity contribution in [3.8, 4) is 0 Å². The molecule has 0 amide bonds. The van der Waals surface area contributed by atoms with Crippen molar-refractivity contribution >= 4 is 0 Å². The van der Waals surface area contributed by atoms with E-state index in [-0.39, 0.29) is 0 Å². The first-order valence-electron chi connectivity index (χ1n) is 6.55. The third-order valence-electron chi connectivity index (χ3n) is 4.41. The number of hydrogen-bond acceptors (Lipinski definition) is 0. The van der Waals surface area contributed by atoms with Crippen molar-refractivity contribution in [2.45, 2.75) is 59.3 Å². The molecule has 0 heterocycles. The Morgan fingerprint density at radius 3 is 2.40 bits per heavy atom. The summed E-state index contributed by atoms with van der Waals surface area (Å²) in [5, 5.41) is 0. The molecular weight excluding hydrogens is 180 g/mol. The van der Waals surface area contributed by atoms with Crippen LogP contribution in [0.25, 0.3) is 0 Å². The van der Waals surface area contributed by atoms with Gasteiger partial charge in [-0.1, -0.05) is 31.4 Å². The fraction of sp³-hybridized carbons (Fsp3) is 0.733. The molecule has 0 aliphatic heterocycles. The smallest absolute Gasteiger partial charge is 0.0162 e. The Bertz CT molecular complexity index is 285. The third-order valence-corrected chi connectivity index (χ3v) is 4.41. The van der Waals surface area contributed by atoms with E-state index >= 15 is 0 Å². The van der Waals surface area contributed by atoms with Gasteiger partial charge in [-0.2, -0.15) is 0 Å². The summed E-state index contributed by atoms with van der Waals surface area (Å²) >= 11 is 0. The van der Waals surface area contributed by atoms with Crippen molar-refractivity contribution < 1.29 is 0 Å². The monoisotopic (exact) mass is 204 g/mol. The molecule has 1 saturated carbocycles. The first-order chi connectivity index (χ1) is 7.18. The Morgan fingerprint density at radius 2 is 1.73 bits per heavy atom. The van der Waals surface area contributed by atoms with Crippen molar-refractivity contribution in [3.05, 3.63) is 22.8 Å². The highest BCUT2D eigenvalue weighted by Crippen LogP contribution is 2.38. The quantitative estimate of drug-likeness (QED) is 0.571. The Morgan fingerprint density at radius 1 is 1.07 bits per heavy atom. The van der Waals surface area contributed by atoms with Crippen LogP contribution in [0.4, 0.5) is 0 Å². The Balaban J connectivity index is 2.08. The van der Waals surface area contributed by atoms with Gasteiger partial charge in [0.1, 0.15) is 0 Å². The molecule has 0 saturated heterocycles. The van der Waals surface area contributed by atoms with Gasteiger partial charge in [0, 0.05) is 0 Å². The minimum Gasteiger partial charge on any atom is -0.0805 e. The molecule has 0 N–H and O–H groups in total. The lowest BCUT2D eigenvalue weighted by Gasteiger charge is -2.31. The molecule has 0 bridgehead atoms. The largest absolute Gasteiger partial charge is 0.0805 e. The summed E-state index contributed by atoms with van der Waals surface area (Å²) in [6.07, 6.45) is 10.8. The standard InChI is InChI=1S/C15H24/c1-11-7-9-14(10-8-11)15-6-4-5-12(2)13(15)3/h6,11,14H,4-5,7-10H2,1-3H3. The maximum absolute atomic E-state index is 2.52. The van der Waals surface area contributed by atoms with Crippen LogP contribution >= 0.6 is 0 Å². The molecule has 0 nitrogen and oxygen atoms in total. The molecule has 2 aliphatic rings. The predicted octanol–water partition coefficient (Wildman–Crippen LogP) is 4.87. The molecule has 1 fully saturated rings. The summed E-state index contributed by atoms with van der Waals surface area (Å²) in [4.78, 5) is 0.